The zero-order chi connectivity index (χ0) is 20.1. The fourth-order valence-corrected chi connectivity index (χ4v) is 4.03. The van der Waals surface area contributed by atoms with Crippen LogP contribution < -0.4 is 15.5 Å². The van der Waals surface area contributed by atoms with Crippen molar-refractivity contribution in [2.75, 3.05) is 42.9 Å². The normalized spacial score (nSPS) is 18.8. The van der Waals surface area contributed by atoms with Gasteiger partial charge in [0, 0.05) is 44.1 Å². The fraction of sp³-hybridized carbons (Fsp3) is 0.636. The number of hydrogen-bond acceptors (Lipinski definition) is 3. The number of anilines is 2. The molecule has 0 radical (unpaired) electrons. The van der Waals surface area contributed by atoms with Crippen LogP contribution in [0.15, 0.2) is 18.2 Å². The first-order valence-corrected chi connectivity index (χ1v) is 10.7. The molecule has 0 saturated carbocycles. The molecule has 0 aromatic heterocycles. The molecule has 2 fully saturated rings. The highest BCUT2D eigenvalue weighted by Gasteiger charge is 2.26. The lowest BCUT2D eigenvalue weighted by Gasteiger charge is -2.35. The summed E-state index contributed by atoms with van der Waals surface area (Å²) in [6.07, 6.45) is 4.40. The van der Waals surface area contributed by atoms with Gasteiger partial charge in [0.2, 0.25) is 0 Å². The van der Waals surface area contributed by atoms with Crippen LogP contribution in [0.4, 0.5) is 16.2 Å². The summed E-state index contributed by atoms with van der Waals surface area (Å²) in [5.74, 6) is 1.50. The van der Waals surface area contributed by atoms with Crippen molar-refractivity contribution < 1.29 is 9.59 Å². The molecule has 2 aliphatic rings. The van der Waals surface area contributed by atoms with Gasteiger partial charge < -0.3 is 20.4 Å². The minimum Gasteiger partial charge on any atom is -0.371 e. The molecule has 1 aromatic carbocycles. The van der Waals surface area contributed by atoms with Crippen molar-refractivity contribution in [1.29, 1.82) is 0 Å². The van der Waals surface area contributed by atoms with E-state index in [1.807, 2.05) is 30.0 Å². The van der Waals surface area contributed by atoms with Gasteiger partial charge in [0.25, 0.3) is 5.91 Å². The van der Waals surface area contributed by atoms with Crippen molar-refractivity contribution in [1.82, 2.24) is 10.2 Å². The van der Waals surface area contributed by atoms with Crippen molar-refractivity contribution in [2.24, 2.45) is 11.8 Å². The zero-order valence-electron chi connectivity index (χ0n) is 17.5. The van der Waals surface area contributed by atoms with Crippen molar-refractivity contribution >= 4 is 23.3 Å². The smallest absolute Gasteiger partial charge is 0.319 e. The first-order chi connectivity index (χ1) is 13.5. The summed E-state index contributed by atoms with van der Waals surface area (Å²) in [5.41, 5.74) is 2.36. The molecule has 0 aliphatic carbocycles. The van der Waals surface area contributed by atoms with Crippen LogP contribution in [-0.4, -0.2) is 49.6 Å². The summed E-state index contributed by atoms with van der Waals surface area (Å²) in [6.45, 7) is 10.6. The van der Waals surface area contributed by atoms with Gasteiger partial charge in [0.15, 0.2) is 0 Å². The number of piperidine rings is 2. The molecular weight excluding hydrogens is 352 g/mol. The molecule has 2 saturated heterocycles. The van der Waals surface area contributed by atoms with Crippen LogP contribution in [0, 0.1) is 11.8 Å². The van der Waals surface area contributed by atoms with E-state index in [1.54, 1.807) is 0 Å². The Morgan fingerprint density at radius 2 is 1.61 bits per heavy atom. The van der Waals surface area contributed by atoms with Gasteiger partial charge in [-0.15, -0.1) is 0 Å². The van der Waals surface area contributed by atoms with Gasteiger partial charge in [-0.3, -0.25) is 4.79 Å². The van der Waals surface area contributed by atoms with Crippen molar-refractivity contribution in [3.8, 4) is 0 Å². The van der Waals surface area contributed by atoms with Gasteiger partial charge in [-0.2, -0.15) is 0 Å². The van der Waals surface area contributed by atoms with E-state index in [0.29, 0.717) is 23.7 Å². The van der Waals surface area contributed by atoms with Crippen LogP contribution in [-0.2, 0) is 0 Å². The van der Waals surface area contributed by atoms with Crippen molar-refractivity contribution in [2.45, 2.75) is 46.5 Å². The topological polar surface area (TPSA) is 64.7 Å². The Kier molecular flexibility index (Phi) is 6.81. The third-order valence-corrected chi connectivity index (χ3v) is 6.02. The Morgan fingerprint density at radius 1 is 1.00 bits per heavy atom. The second-order valence-electron chi connectivity index (χ2n) is 8.36. The summed E-state index contributed by atoms with van der Waals surface area (Å²) in [5, 5.41) is 5.58. The number of urea groups is 1. The number of rotatable bonds is 4. The molecule has 2 N–H and O–H groups in total. The molecule has 3 rings (SSSR count). The molecule has 0 bridgehead atoms. The predicted octanol–water partition coefficient (Wildman–Crippen LogP) is 3.94. The molecule has 0 atom stereocenters. The lowest BCUT2D eigenvalue weighted by atomic mass is 9.96. The van der Waals surface area contributed by atoms with E-state index in [9.17, 15) is 9.59 Å². The average Bonchev–Trinajstić information content (AvgIpc) is 2.69. The molecule has 0 spiro atoms. The molecule has 3 amide bonds. The number of benzene rings is 1. The molecule has 0 unspecified atom stereocenters. The molecule has 154 valence electrons. The van der Waals surface area contributed by atoms with Gasteiger partial charge >= 0.3 is 6.03 Å². The van der Waals surface area contributed by atoms with Gasteiger partial charge in [-0.1, -0.05) is 13.8 Å². The number of amides is 3. The Bertz CT molecular complexity index is 690. The van der Waals surface area contributed by atoms with Crippen molar-refractivity contribution in [3.05, 3.63) is 23.8 Å². The number of carbonyl (C=O) groups is 2. The number of nitrogens with zero attached hydrogens (tertiary/aromatic N) is 2. The fourth-order valence-electron chi connectivity index (χ4n) is 4.03. The molecule has 2 heterocycles. The number of carbonyl (C=O) groups excluding carboxylic acids is 2. The van der Waals surface area contributed by atoms with E-state index in [0.717, 1.165) is 63.5 Å². The predicted molar refractivity (Wildman–Crippen MR) is 114 cm³/mol. The van der Waals surface area contributed by atoms with Crippen LogP contribution in [0.2, 0.25) is 0 Å². The highest BCUT2D eigenvalue weighted by molar-refractivity contribution is 6.02. The quantitative estimate of drug-likeness (QED) is 0.824. The maximum Gasteiger partial charge on any atom is 0.319 e. The van der Waals surface area contributed by atoms with Gasteiger partial charge in [-0.05, 0) is 62.6 Å². The maximum absolute atomic E-state index is 13.4. The summed E-state index contributed by atoms with van der Waals surface area (Å²) in [4.78, 5) is 29.6. The molecule has 6 nitrogen and oxygen atoms in total. The lowest BCUT2D eigenvalue weighted by Crippen LogP contribution is -2.40. The monoisotopic (exact) mass is 386 g/mol. The number of likely N-dealkylation sites (tertiary alicyclic amines) is 1. The average molecular weight is 387 g/mol. The summed E-state index contributed by atoms with van der Waals surface area (Å²) in [7, 11) is 0. The summed E-state index contributed by atoms with van der Waals surface area (Å²) < 4.78 is 0. The molecule has 2 aliphatic heterocycles. The van der Waals surface area contributed by atoms with Crippen LogP contribution in [0.1, 0.15) is 56.8 Å². The Balaban J connectivity index is 1.85. The Labute approximate surface area is 168 Å². The largest absolute Gasteiger partial charge is 0.371 e. The number of hydrogen-bond donors (Lipinski definition) is 2. The standard InChI is InChI=1S/C22H34N4O2/c1-4-23-22(28)24-18-5-6-20(25-11-7-16(2)8-12-25)19(15-18)21(27)26-13-9-17(3)10-14-26/h5-6,15-17H,4,7-14H2,1-3H3,(H2,23,24,28). The molecule has 28 heavy (non-hydrogen) atoms. The third kappa shape index (κ3) is 4.97. The Hall–Kier alpha value is -2.24. The SMILES string of the molecule is CCNC(=O)Nc1ccc(N2CCC(C)CC2)c(C(=O)N2CCC(C)CC2)c1. The first-order valence-electron chi connectivity index (χ1n) is 10.7. The third-order valence-electron chi connectivity index (χ3n) is 6.02. The summed E-state index contributed by atoms with van der Waals surface area (Å²) in [6, 6.07) is 5.50. The second-order valence-corrected chi connectivity index (χ2v) is 8.36. The molecular formula is C22H34N4O2. The van der Waals surface area contributed by atoms with E-state index in [4.69, 9.17) is 0 Å². The van der Waals surface area contributed by atoms with E-state index in [1.165, 1.54) is 0 Å². The minimum atomic E-state index is -0.243. The summed E-state index contributed by atoms with van der Waals surface area (Å²) >= 11 is 0. The van der Waals surface area contributed by atoms with E-state index in [-0.39, 0.29) is 11.9 Å². The minimum absolute atomic E-state index is 0.0834. The zero-order valence-corrected chi connectivity index (χ0v) is 17.5. The van der Waals surface area contributed by atoms with Crippen LogP contribution in [0.3, 0.4) is 0 Å². The van der Waals surface area contributed by atoms with Gasteiger partial charge in [0.1, 0.15) is 0 Å². The highest BCUT2D eigenvalue weighted by atomic mass is 16.2. The molecule has 1 aromatic rings. The van der Waals surface area contributed by atoms with Crippen molar-refractivity contribution in [3.63, 3.8) is 0 Å². The van der Waals surface area contributed by atoms with E-state index in [2.05, 4.69) is 29.4 Å². The lowest BCUT2D eigenvalue weighted by molar-refractivity contribution is 0.0697. The maximum atomic E-state index is 13.4. The molecule has 6 heteroatoms. The van der Waals surface area contributed by atoms with E-state index < -0.39 is 0 Å². The van der Waals surface area contributed by atoms with Gasteiger partial charge in [0.05, 0.1) is 5.56 Å². The van der Waals surface area contributed by atoms with Crippen LogP contribution in [0.5, 0.6) is 0 Å². The first kappa shape index (κ1) is 20.5. The number of nitrogens with one attached hydrogen (secondary N) is 2. The Morgan fingerprint density at radius 3 is 2.21 bits per heavy atom. The van der Waals surface area contributed by atoms with Crippen LogP contribution >= 0.6 is 0 Å². The van der Waals surface area contributed by atoms with Crippen LogP contribution in [0.25, 0.3) is 0 Å². The van der Waals surface area contributed by atoms with E-state index >= 15 is 0 Å². The van der Waals surface area contributed by atoms with Gasteiger partial charge in [-0.25, -0.2) is 4.79 Å². The second kappa shape index (κ2) is 9.30. The highest BCUT2D eigenvalue weighted by Crippen LogP contribution is 2.30.